The third kappa shape index (κ3) is 5.24. The van der Waals surface area contributed by atoms with Gasteiger partial charge in [0.05, 0.1) is 0 Å². The molecule has 2 N–H and O–H groups in total. The highest BCUT2D eigenvalue weighted by Crippen LogP contribution is 2.20. The second kappa shape index (κ2) is 7.35. The number of hydrogen-bond acceptors (Lipinski definition) is 4. The molecule has 17 heavy (non-hydrogen) atoms. The summed E-state index contributed by atoms with van der Waals surface area (Å²) in [5.74, 6) is 1.58. The van der Waals surface area contributed by atoms with Crippen LogP contribution in [0, 0.1) is 5.92 Å². The zero-order valence-electron chi connectivity index (χ0n) is 10.3. The van der Waals surface area contributed by atoms with Crippen molar-refractivity contribution in [3.63, 3.8) is 0 Å². The molecule has 0 saturated heterocycles. The minimum absolute atomic E-state index is 0.0803. The lowest BCUT2D eigenvalue weighted by molar-refractivity contribution is -0.113. The molecule has 0 radical (unpaired) electrons. The minimum Gasteiger partial charge on any atom is -0.492 e. The van der Waals surface area contributed by atoms with Crippen LogP contribution >= 0.6 is 11.8 Å². The Labute approximate surface area is 107 Å². The molecule has 0 bridgehead atoms. The Bertz CT molecular complexity index is 366. The molecule has 1 aromatic carbocycles. The molecule has 94 valence electrons. The Kier molecular flexibility index (Phi) is 6.08. The Morgan fingerprint density at radius 1 is 1.47 bits per heavy atom. The fraction of sp³-hybridized carbons (Fsp3) is 0.462. The summed E-state index contributed by atoms with van der Waals surface area (Å²) in [6.45, 7) is 4.85. The second-order valence-corrected chi connectivity index (χ2v) is 5.03. The molecular formula is C13H19NO2S. The van der Waals surface area contributed by atoms with Gasteiger partial charge in [0, 0.05) is 18.2 Å². The lowest BCUT2D eigenvalue weighted by Crippen LogP contribution is -2.10. The van der Waals surface area contributed by atoms with Gasteiger partial charge in [0.25, 0.3) is 0 Å². The highest BCUT2D eigenvalue weighted by molar-refractivity contribution is 8.13. The summed E-state index contributed by atoms with van der Waals surface area (Å²) < 4.78 is 5.43. The maximum atomic E-state index is 11.5. The molecule has 0 aliphatic heterocycles. The number of nitrogens with two attached hydrogens (primary N) is 1. The summed E-state index contributed by atoms with van der Waals surface area (Å²) in [4.78, 5) is 11.5. The number of hydrogen-bond donors (Lipinski definition) is 1. The molecule has 0 aromatic heterocycles. The first-order valence-corrected chi connectivity index (χ1v) is 6.70. The van der Waals surface area contributed by atoms with Gasteiger partial charge < -0.3 is 10.5 Å². The molecule has 0 aliphatic rings. The van der Waals surface area contributed by atoms with E-state index in [-0.39, 0.29) is 11.0 Å². The van der Waals surface area contributed by atoms with Crippen molar-refractivity contribution in [1.82, 2.24) is 0 Å². The number of ether oxygens (including phenoxy) is 1. The zero-order valence-corrected chi connectivity index (χ0v) is 11.1. The summed E-state index contributed by atoms with van der Waals surface area (Å²) in [5.41, 5.74) is 6.47. The molecule has 0 aliphatic carbocycles. The van der Waals surface area contributed by atoms with Gasteiger partial charge in [0.2, 0.25) is 0 Å². The molecule has 0 fully saturated rings. The third-order valence-corrected chi connectivity index (χ3v) is 3.37. The summed E-state index contributed by atoms with van der Waals surface area (Å²) in [6, 6.07) is 7.78. The van der Waals surface area contributed by atoms with Crippen LogP contribution in [0.25, 0.3) is 0 Å². The first kappa shape index (κ1) is 14.1. The average molecular weight is 253 g/mol. The third-order valence-electron chi connectivity index (χ3n) is 2.14. The van der Waals surface area contributed by atoms with Gasteiger partial charge in [-0.15, -0.1) is 0 Å². The second-order valence-electron chi connectivity index (χ2n) is 4.05. The van der Waals surface area contributed by atoms with Gasteiger partial charge in [-0.25, -0.2) is 0 Å². The maximum Gasteiger partial charge on any atom is 0.191 e. The highest BCUT2D eigenvalue weighted by atomic mass is 32.2. The van der Waals surface area contributed by atoms with Crippen LogP contribution in [0.4, 0.5) is 0 Å². The van der Waals surface area contributed by atoms with Gasteiger partial charge in [-0.05, 0) is 17.7 Å². The van der Waals surface area contributed by atoms with Crippen LogP contribution in [0.15, 0.2) is 24.3 Å². The quantitative estimate of drug-likeness (QED) is 0.846. The van der Waals surface area contributed by atoms with E-state index in [0.29, 0.717) is 18.9 Å². The predicted octanol–water partition coefficient (Wildman–Crippen LogP) is 2.44. The summed E-state index contributed by atoms with van der Waals surface area (Å²) in [6.07, 6.45) is 0. The first-order valence-electron chi connectivity index (χ1n) is 5.72. The van der Waals surface area contributed by atoms with Crippen molar-refractivity contribution >= 4 is 16.9 Å². The first-order chi connectivity index (χ1) is 8.13. The van der Waals surface area contributed by atoms with Crippen molar-refractivity contribution in [3.05, 3.63) is 29.8 Å². The van der Waals surface area contributed by atoms with Gasteiger partial charge in [-0.2, -0.15) is 0 Å². The molecule has 0 atom stereocenters. The number of carbonyl (C=O) groups is 1. The molecule has 1 rings (SSSR count). The van der Waals surface area contributed by atoms with E-state index >= 15 is 0 Å². The maximum absolute atomic E-state index is 11.5. The van der Waals surface area contributed by atoms with Gasteiger partial charge in [0.1, 0.15) is 12.4 Å². The summed E-state index contributed by atoms with van der Waals surface area (Å²) in [7, 11) is 0. The van der Waals surface area contributed by atoms with Gasteiger partial charge in [0.15, 0.2) is 5.12 Å². The SMILES string of the molecule is CC(C)C(=O)SCc1cccc(OCCN)c1. The van der Waals surface area contributed by atoms with Crippen molar-refractivity contribution < 1.29 is 9.53 Å². The molecule has 0 amide bonds. The molecule has 4 heteroatoms. The standard InChI is InChI=1S/C13H19NO2S/c1-10(2)13(15)17-9-11-4-3-5-12(8-11)16-7-6-14/h3-5,8,10H,6-7,9,14H2,1-2H3. The monoisotopic (exact) mass is 253 g/mol. The predicted molar refractivity (Wildman–Crippen MR) is 72.1 cm³/mol. The van der Waals surface area contributed by atoms with E-state index in [1.165, 1.54) is 11.8 Å². The van der Waals surface area contributed by atoms with Crippen molar-refractivity contribution in [2.45, 2.75) is 19.6 Å². The van der Waals surface area contributed by atoms with E-state index in [1.54, 1.807) is 0 Å². The van der Waals surface area contributed by atoms with Crippen LogP contribution in [0.5, 0.6) is 5.75 Å². The van der Waals surface area contributed by atoms with E-state index < -0.39 is 0 Å². The number of thioether (sulfide) groups is 1. The van der Waals surface area contributed by atoms with Gasteiger partial charge in [-0.3, -0.25) is 4.79 Å². The molecule has 0 spiro atoms. The number of benzene rings is 1. The van der Waals surface area contributed by atoms with Crippen LogP contribution < -0.4 is 10.5 Å². The summed E-state index contributed by atoms with van der Waals surface area (Å²) >= 11 is 1.35. The van der Waals surface area contributed by atoms with Crippen molar-refractivity contribution in [2.75, 3.05) is 13.2 Å². The minimum atomic E-state index is 0.0803. The van der Waals surface area contributed by atoms with E-state index in [4.69, 9.17) is 10.5 Å². The average Bonchev–Trinajstić information content (AvgIpc) is 2.33. The van der Waals surface area contributed by atoms with E-state index in [9.17, 15) is 4.79 Å². The van der Waals surface area contributed by atoms with E-state index in [2.05, 4.69) is 0 Å². The molecule has 0 saturated carbocycles. The van der Waals surface area contributed by atoms with E-state index in [1.807, 2.05) is 38.1 Å². The Hall–Kier alpha value is -1.00. The number of carbonyl (C=O) groups excluding carboxylic acids is 1. The smallest absolute Gasteiger partial charge is 0.191 e. The van der Waals surface area contributed by atoms with Gasteiger partial charge in [-0.1, -0.05) is 37.7 Å². The Balaban J connectivity index is 2.51. The topological polar surface area (TPSA) is 52.3 Å². The molecule has 0 unspecified atom stereocenters. The zero-order chi connectivity index (χ0) is 12.7. The van der Waals surface area contributed by atoms with Crippen LogP contribution in [0.3, 0.4) is 0 Å². The van der Waals surface area contributed by atoms with E-state index in [0.717, 1.165) is 11.3 Å². The molecular weight excluding hydrogens is 234 g/mol. The lowest BCUT2D eigenvalue weighted by atomic mass is 10.2. The Morgan fingerprint density at radius 3 is 2.88 bits per heavy atom. The van der Waals surface area contributed by atoms with Crippen molar-refractivity contribution in [2.24, 2.45) is 11.7 Å². The highest BCUT2D eigenvalue weighted by Gasteiger charge is 2.08. The van der Waals surface area contributed by atoms with Crippen molar-refractivity contribution in [3.8, 4) is 5.75 Å². The van der Waals surface area contributed by atoms with Gasteiger partial charge >= 0.3 is 0 Å². The molecule has 1 aromatic rings. The fourth-order valence-corrected chi connectivity index (χ4v) is 2.04. The van der Waals surface area contributed by atoms with Crippen LogP contribution in [0.2, 0.25) is 0 Å². The largest absolute Gasteiger partial charge is 0.492 e. The number of rotatable bonds is 6. The molecule has 3 nitrogen and oxygen atoms in total. The summed E-state index contributed by atoms with van der Waals surface area (Å²) in [5, 5.41) is 0.221. The fourth-order valence-electron chi connectivity index (χ4n) is 1.22. The van der Waals surface area contributed by atoms with Crippen LogP contribution in [-0.2, 0) is 10.5 Å². The normalized spacial score (nSPS) is 10.6. The Morgan fingerprint density at radius 2 is 2.24 bits per heavy atom. The van der Waals surface area contributed by atoms with Crippen LogP contribution in [0.1, 0.15) is 19.4 Å². The molecule has 0 heterocycles. The lowest BCUT2D eigenvalue weighted by Gasteiger charge is -2.07. The van der Waals surface area contributed by atoms with Crippen LogP contribution in [-0.4, -0.2) is 18.3 Å². The van der Waals surface area contributed by atoms with Crippen molar-refractivity contribution in [1.29, 1.82) is 0 Å².